The van der Waals surface area contributed by atoms with Crippen LogP contribution in [0.15, 0.2) is 59.1 Å². The van der Waals surface area contributed by atoms with Crippen molar-refractivity contribution in [3.05, 3.63) is 89.1 Å². The summed E-state index contributed by atoms with van der Waals surface area (Å²) in [5, 5.41) is 2.82. The van der Waals surface area contributed by atoms with Crippen LogP contribution in [-0.4, -0.2) is 15.5 Å². The van der Waals surface area contributed by atoms with Crippen LogP contribution in [0.1, 0.15) is 27.5 Å². The van der Waals surface area contributed by atoms with Crippen molar-refractivity contribution in [3.63, 3.8) is 0 Å². The molecular formula is C21H17F2N3O2. The topological polar surface area (TPSA) is 60.1 Å². The lowest BCUT2D eigenvalue weighted by Crippen LogP contribution is -2.26. The van der Waals surface area contributed by atoms with Gasteiger partial charge in [-0.15, -0.1) is 0 Å². The molecule has 1 aromatic carbocycles. The van der Waals surface area contributed by atoms with E-state index in [9.17, 15) is 13.6 Å². The summed E-state index contributed by atoms with van der Waals surface area (Å²) in [5.41, 5.74) is 2.70. The summed E-state index contributed by atoms with van der Waals surface area (Å²) >= 11 is 0. The van der Waals surface area contributed by atoms with Gasteiger partial charge in [-0.25, -0.2) is 8.78 Å². The maximum atomic E-state index is 13.6. The zero-order chi connectivity index (χ0) is 19.7. The summed E-state index contributed by atoms with van der Waals surface area (Å²) in [6.45, 7) is 2.19. The van der Waals surface area contributed by atoms with E-state index >= 15 is 0 Å². The molecule has 28 heavy (non-hydrogen) atoms. The molecule has 0 unspecified atom stereocenters. The van der Waals surface area contributed by atoms with E-state index in [2.05, 4.69) is 10.3 Å². The van der Waals surface area contributed by atoms with E-state index in [1.165, 1.54) is 12.1 Å². The van der Waals surface area contributed by atoms with Gasteiger partial charge in [0.2, 0.25) is 0 Å². The Morgan fingerprint density at radius 2 is 1.93 bits per heavy atom. The molecule has 0 spiro atoms. The average molecular weight is 381 g/mol. The second-order valence-corrected chi connectivity index (χ2v) is 6.50. The number of rotatable bonds is 5. The first-order valence-corrected chi connectivity index (χ1v) is 8.72. The van der Waals surface area contributed by atoms with Crippen LogP contribution in [0.4, 0.5) is 8.78 Å². The van der Waals surface area contributed by atoms with Crippen molar-refractivity contribution in [2.24, 2.45) is 0 Å². The number of benzene rings is 1. The Kier molecular flexibility index (Phi) is 4.65. The Balaban J connectivity index is 1.66. The SMILES string of the molecule is Cc1cc2c(cc(C(=O)NCc3ccccn3)n2Cc2cc(F)cc(F)c2)o1. The summed E-state index contributed by atoms with van der Waals surface area (Å²) in [4.78, 5) is 16.9. The Bertz CT molecular complexity index is 1130. The minimum Gasteiger partial charge on any atom is -0.460 e. The van der Waals surface area contributed by atoms with E-state index in [1.54, 1.807) is 35.9 Å². The van der Waals surface area contributed by atoms with Gasteiger partial charge in [-0.1, -0.05) is 6.07 Å². The van der Waals surface area contributed by atoms with E-state index in [0.29, 0.717) is 28.1 Å². The van der Waals surface area contributed by atoms with E-state index in [-0.39, 0.29) is 19.0 Å². The summed E-state index contributed by atoms with van der Waals surface area (Å²) < 4.78 is 34.5. The van der Waals surface area contributed by atoms with Crippen molar-refractivity contribution in [1.29, 1.82) is 0 Å². The van der Waals surface area contributed by atoms with Gasteiger partial charge in [0.25, 0.3) is 5.91 Å². The molecule has 0 aliphatic rings. The number of pyridine rings is 1. The lowest BCUT2D eigenvalue weighted by Gasteiger charge is -2.11. The number of hydrogen-bond acceptors (Lipinski definition) is 3. The van der Waals surface area contributed by atoms with Crippen molar-refractivity contribution in [2.45, 2.75) is 20.0 Å². The molecule has 3 aromatic heterocycles. The minimum absolute atomic E-state index is 0.128. The Morgan fingerprint density at radius 3 is 2.64 bits per heavy atom. The zero-order valence-corrected chi connectivity index (χ0v) is 15.1. The number of nitrogens with one attached hydrogen (secondary N) is 1. The highest BCUT2D eigenvalue weighted by Crippen LogP contribution is 2.25. The van der Waals surface area contributed by atoms with Crippen molar-refractivity contribution in [3.8, 4) is 0 Å². The van der Waals surface area contributed by atoms with E-state index in [0.717, 1.165) is 11.8 Å². The number of nitrogens with zero attached hydrogens (tertiary/aromatic N) is 2. The summed E-state index contributed by atoms with van der Waals surface area (Å²) in [7, 11) is 0. The fourth-order valence-electron chi connectivity index (χ4n) is 3.17. The average Bonchev–Trinajstić information content (AvgIpc) is 3.17. The van der Waals surface area contributed by atoms with Gasteiger partial charge in [-0.3, -0.25) is 9.78 Å². The van der Waals surface area contributed by atoms with Crippen LogP contribution in [0.25, 0.3) is 11.1 Å². The maximum Gasteiger partial charge on any atom is 0.268 e. The van der Waals surface area contributed by atoms with Gasteiger partial charge < -0.3 is 14.3 Å². The molecule has 3 heterocycles. The molecule has 0 aliphatic heterocycles. The highest BCUT2D eigenvalue weighted by atomic mass is 19.1. The maximum absolute atomic E-state index is 13.6. The van der Waals surface area contributed by atoms with Gasteiger partial charge in [0, 0.05) is 30.9 Å². The van der Waals surface area contributed by atoms with Crippen LogP contribution < -0.4 is 5.32 Å². The van der Waals surface area contributed by atoms with Crippen molar-refractivity contribution in [2.75, 3.05) is 0 Å². The van der Waals surface area contributed by atoms with E-state index in [1.807, 2.05) is 12.1 Å². The number of furan rings is 1. The number of amides is 1. The zero-order valence-electron chi connectivity index (χ0n) is 15.1. The number of hydrogen-bond donors (Lipinski definition) is 1. The van der Waals surface area contributed by atoms with Gasteiger partial charge in [0.15, 0.2) is 5.58 Å². The van der Waals surface area contributed by atoms with Gasteiger partial charge in [0.05, 0.1) is 17.8 Å². The minimum atomic E-state index is -0.664. The van der Waals surface area contributed by atoms with Gasteiger partial charge in [0.1, 0.15) is 23.1 Å². The van der Waals surface area contributed by atoms with E-state index < -0.39 is 11.6 Å². The number of aromatic nitrogens is 2. The molecule has 0 atom stereocenters. The number of aryl methyl sites for hydroxylation is 1. The molecular weight excluding hydrogens is 364 g/mol. The Labute approximate surface area is 159 Å². The lowest BCUT2D eigenvalue weighted by atomic mass is 10.2. The molecule has 0 radical (unpaired) electrons. The Hall–Kier alpha value is -3.48. The lowest BCUT2D eigenvalue weighted by molar-refractivity contribution is 0.0942. The summed E-state index contributed by atoms with van der Waals surface area (Å²) in [6, 6.07) is 12.2. The third-order valence-electron chi connectivity index (χ3n) is 4.36. The van der Waals surface area contributed by atoms with Crippen LogP contribution in [0.5, 0.6) is 0 Å². The second kappa shape index (κ2) is 7.26. The molecule has 4 aromatic rings. The largest absolute Gasteiger partial charge is 0.460 e. The number of fused-ring (bicyclic) bond motifs is 1. The van der Waals surface area contributed by atoms with Crippen LogP contribution in [0.2, 0.25) is 0 Å². The third-order valence-corrected chi connectivity index (χ3v) is 4.36. The fourth-order valence-corrected chi connectivity index (χ4v) is 3.17. The first-order chi connectivity index (χ1) is 13.5. The fraction of sp³-hybridized carbons (Fsp3) is 0.143. The monoisotopic (exact) mass is 381 g/mol. The molecule has 1 N–H and O–H groups in total. The van der Waals surface area contributed by atoms with Crippen LogP contribution in [-0.2, 0) is 13.1 Å². The van der Waals surface area contributed by atoms with Gasteiger partial charge >= 0.3 is 0 Å². The molecule has 7 heteroatoms. The van der Waals surface area contributed by atoms with Gasteiger partial charge in [-0.05, 0) is 36.8 Å². The first-order valence-electron chi connectivity index (χ1n) is 8.72. The Morgan fingerprint density at radius 1 is 1.14 bits per heavy atom. The van der Waals surface area contributed by atoms with Crippen molar-refractivity contribution < 1.29 is 18.0 Å². The number of halogens is 2. The third kappa shape index (κ3) is 3.64. The first kappa shape index (κ1) is 17.9. The summed E-state index contributed by atoms with van der Waals surface area (Å²) in [5.74, 6) is -0.970. The highest BCUT2D eigenvalue weighted by molar-refractivity contribution is 5.97. The normalized spacial score (nSPS) is 11.1. The van der Waals surface area contributed by atoms with Crippen LogP contribution in [0.3, 0.4) is 0 Å². The molecule has 5 nitrogen and oxygen atoms in total. The molecule has 0 saturated heterocycles. The molecule has 0 bridgehead atoms. The molecule has 142 valence electrons. The number of carbonyl (C=O) groups is 1. The van der Waals surface area contributed by atoms with Crippen molar-refractivity contribution in [1.82, 2.24) is 14.9 Å². The molecule has 1 amide bonds. The molecule has 0 saturated carbocycles. The second-order valence-electron chi connectivity index (χ2n) is 6.50. The molecule has 0 fully saturated rings. The van der Waals surface area contributed by atoms with Crippen molar-refractivity contribution >= 4 is 17.0 Å². The standard InChI is InChI=1S/C21H17F2N3O2/c1-13-6-18-20(28-13)10-19(21(27)25-11-17-4-2-3-5-24-17)26(18)12-14-7-15(22)9-16(23)8-14/h2-10H,11-12H2,1H3,(H,25,27). The predicted molar refractivity (Wildman–Crippen MR) is 99.8 cm³/mol. The summed E-state index contributed by atoms with van der Waals surface area (Å²) in [6.07, 6.45) is 1.65. The van der Waals surface area contributed by atoms with Crippen LogP contribution >= 0.6 is 0 Å². The van der Waals surface area contributed by atoms with Gasteiger partial charge in [-0.2, -0.15) is 0 Å². The molecule has 4 rings (SSSR count). The predicted octanol–water partition coefficient (Wildman–Crippen LogP) is 4.19. The number of carbonyl (C=O) groups excluding carboxylic acids is 1. The van der Waals surface area contributed by atoms with E-state index in [4.69, 9.17) is 4.42 Å². The van der Waals surface area contributed by atoms with Crippen LogP contribution in [0, 0.1) is 18.6 Å². The highest BCUT2D eigenvalue weighted by Gasteiger charge is 2.19. The molecule has 0 aliphatic carbocycles. The smallest absolute Gasteiger partial charge is 0.268 e. The quantitative estimate of drug-likeness (QED) is 0.564.